The molecule has 0 saturated heterocycles. The van der Waals surface area contributed by atoms with Crippen LogP contribution in [0.25, 0.3) is 0 Å². The molecule has 1 aliphatic carbocycles. The van der Waals surface area contributed by atoms with E-state index in [0.717, 1.165) is 38.5 Å². The number of ether oxygens (including phenoxy) is 1. The van der Waals surface area contributed by atoms with Gasteiger partial charge in [0.2, 0.25) is 0 Å². The number of esters is 1. The first kappa shape index (κ1) is 26.9. The highest BCUT2D eigenvalue weighted by atomic mass is 32.2. The Morgan fingerprint density at radius 1 is 1.27 bits per heavy atom. The van der Waals surface area contributed by atoms with E-state index >= 15 is 0 Å². The minimum absolute atomic E-state index is 0.0668. The fraction of sp³-hybridized carbons (Fsp3) is 0.750. The lowest BCUT2D eigenvalue weighted by Crippen LogP contribution is -2.21. The van der Waals surface area contributed by atoms with E-state index in [-0.39, 0.29) is 34.1 Å². The van der Waals surface area contributed by atoms with Crippen molar-refractivity contribution < 1.29 is 24.5 Å². The van der Waals surface area contributed by atoms with Gasteiger partial charge in [-0.2, -0.15) is 0 Å². The summed E-state index contributed by atoms with van der Waals surface area (Å²) in [5, 5.41) is 21.2. The number of thioether (sulfide) groups is 1. The van der Waals surface area contributed by atoms with E-state index in [2.05, 4.69) is 30.7 Å². The van der Waals surface area contributed by atoms with Gasteiger partial charge in [-0.25, -0.2) is 0 Å². The maximum atomic E-state index is 11.7. The second-order valence-electron chi connectivity index (χ2n) is 8.36. The van der Waals surface area contributed by atoms with E-state index in [1.165, 1.54) is 18.9 Å². The molecule has 0 amide bonds. The van der Waals surface area contributed by atoms with Crippen molar-refractivity contribution in [2.24, 2.45) is 17.8 Å². The lowest BCUT2D eigenvalue weighted by molar-refractivity contribution is -0.140. The first-order valence-corrected chi connectivity index (χ1v) is 12.1. The van der Waals surface area contributed by atoms with Crippen LogP contribution in [0.1, 0.15) is 72.1 Å². The van der Waals surface area contributed by atoms with Crippen molar-refractivity contribution in [2.45, 2.75) is 89.6 Å². The van der Waals surface area contributed by atoms with Gasteiger partial charge < -0.3 is 14.9 Å². The zero-order valence-electron chi connectivity index (χ0n) is 19.0. The van der Waals surface area contributed by atoms with E-state index in [4.69, 9.17) is 0 Å². The van der Waals surface area contributed by atoms with E-state index in [1.807, 2.05) is 12.2 Å². The van der Waals surface area contributed by atoms with Crippen molar-refractivity contribution in [3.63, 3.8) is 0 Å². The standard InChI is InChI=1S/C24H40O5S/c1-5-6-11-17(2)21(26)15-14-19-20(23(16-22(19)27)30-18(3)25)12-9-7-8-10-13-24(28)29-4/h7,9,14-15,17,19-23,26-27H,5-6,8,10-13,16H2,1-4H3/b9-7-,15-14+/t17-,19-,20-,21-,22-,23+/m1/s1. The van der Waals surface area contributed by atoms with Crippen molar-refractivity contribution in [1.29, 1.82) is 0 Å². The highest BCUT2D eigenvalue weighted by Crippen LogP contribution is 2.43. The normalized spacial score (nSPS) is 26.3. The van der Waals surface area contributed by atoms with Gasteiger partial charge in [0, 0.05) is 24.5 Å². The van der Waals surface area contributed by atoms with Crippen LogP contribution in [0.3, 0.4) is 0 Å². The number of methoxy groups -OCH3 is 1. The van der Waals surface area contributed by atoms with Crippen LogP contribution >= 0.6 is 11.8 Å². The van der Waals surface area contributed by atoms with Gasteiger partial charge in [-0.3, -0.25) is 9.59 Å². The second-order valence-corrected chi connectivity index (χ2v) is 9.78. The molecule has 5 nitrogen and oxygen atoms in total. The Balaban J connectivity index is 2.72. The molecule has 172 valence electrons. The number of unbranched alkanes of at least 4 members (excludes halogenated alkanes) is 2. The number of rotatable bonds is 13. The lowest BCUT2D eigenvalue weighted by atomic mass is 9.89. The quantitative estimate of drug-likeness (QED) is 0.246. The summed E-state index contributed by atoms with van der Waals surface area (Å²) in [4.78, 5) is 22.9. The first-order chi connectivity index (χ1) is 14.3. The average Bonchev–Trinajstić information content (AvgIpc) is 2.99. The highest BCUT2D eigenvalue weighted by Gasteiger charge is 2.41. The molecule has 6 heteroatoms. The van der Waals surface area contributed by atoms with Gasteiger partial charge in [-0.1, -0.05) is 62.8 Å². The van der Waals surface area contributed by atoms with Crippen LogP contribution < -0.4 is 0 Å². The van der Waals surface area contributed by atoms with Gasteiger partial charge >= 0.3 is 5.97 Å². The van der Waals surface area contributed by atoms with Gasteiger partial charge in [-0.05, 0) is 43.9 Å². The topological polar surface area (TPSA) is 83.8 Å². The monoisotopic (exact) mass is 440 g/mol. The molecule has 0 aliphatic heterocycles. The van der Waals surface area contributed by atoms with Crippen molar-refractivity contribution >= 4 is 22.8 Å². The largest absolute Gasteiger partial charge is 0.469 e. The Hall–Kier alpha value is -1.11. The fourth-order valence-electron chi connectivity index (χ4n) is 4.00. The fourth-order valence-corrected chi connectivity index (χ4v) is 5.19. The maximum Gasteiger partial charge on any atom is 0.305 e. The van der Waals surface area contributed by atoms with Gasteiger partial charge in [0.15, 0.2) is 5.12 Å². The van der Waals surface area contributed by atoms with Crippen LogP contribution in [-0.4, -0.2) is 45.9 Å². The van der Waals surface area contributed by atoms with Crippen LogP contribution in [0.4, 0.5) is 0 Å². The lowest BCUT2D eigenvalue weighted by Gasteiger charge is -2.22. The minimum Gasteiger partial charge on any atom is -0.469 e. The minimum atomic E-state index is -0.516. The molecule has 0 aromatic carbocycles. The maximum absolute atomic E-state index is 11.7. The Morgan fingerprint density at radius 3 is 2.63 bits per heavy atom. The molecule has 2 N–H and O–H groups in total. The number of carbonyl (C=O) groups is 2. The number of carbonyl (C=O) groups excluding carboxylic acids is 2. The van der Waals surface area contributed by atoms with Crippen LogP contribution in [0.5, 0.6) is 0 Å². The third-order valence-corrected chi connectivity index (χ3v) is 7.06. The summed E-state index contributed by atoms with van der Waals surface area (Å²) in [6.07, 6.45) is 13.4. The molecule has 0 aromatic heterocycles. The summed E-state index contributed by atoms with van der Waals surface area (Å²) >= 11 is 1.31. The molecule has 6 atom stereocenters. The van der Waals surface area contributed by atoms with Crippen molar-refractivity contribution in [3.05, 3.63) is 24.3 Å². The summed E-state index contributed by atoms with van der Waals surface area (Å²) in [5.41, 5.74) is 0. The summed E-state index contributed by atoms with van der Waals surface area (Å²) < 4.78 is 4.65. The van der Waals surface area contributed by atoms with E-state index in [1.54, 1.807) is 6.92 Å². The smallest absolute Gasteiger partial charge is 0.305 e. The number of aliphatic hydroxyl groups excluding tert-OH is 2. The second kappa shape index (κ2) is 14.8. The molecule has 0 radical (unpaired) electrons. The van der Waals surface area contributed by atoms with Gasteiger partial charge in [0.25, 0.3) is 0 Å². The van der Waals surface area contributed by atoms with Crippen LogP contribution in [0.15, 0.2) is 24.3 Å². The summed E-state index contributed by atoms with van der Waals surface area (Å²) in [6, 6.07) is 0. The molecule has 1 aliphatic rings. The Labute approximate surface area is 186 Å². The molecule has 30 heavy (non-hydrogen) atoms. The molecule has 0 heterocycles. The number of hydrogen-bond donors (Lipinski definition) is 2. The van der Waals surface area contributed by atoms with E-state index in [0.29, 0.717) is 12.8 Å². The number of allylic oxidation sites excluding steroid dienone is 2. The Bertz CT molecular complexity index is 574. The third-order valence-electron chi connectivity index (χ3n) is 5.89. The molecular formula is C24H40O5S. The SMILES string of the molecule is CCCC[C@@H](C)[C@H](O)/C=C/[C@@H]1[C@@H](C/C=C\CCCC(=O)OC)[C@@H](SC(C)=O)C[C@H]1O. The van der Waals surface area contributed by atoms with Gasteiger partial charge in [0.05, 0.1) is 19.3 Å². The number of aliphatic hydroxyl groups is 2. The molecule has 1 rings (SSSR count). The Kier molecular flexibility index (Phi) is 13.3. The molecule has 0 bridgehead atoms. The van der Waals surface area contributed by atoms with Crippen LogP contribution in [-0.2, 0) is 14.3 Å². The molecule has 0 spiro atoms. The molecule has 1 saturated carbocycles. The average molecular weight is 441 g/mol. The zero-order chi connectivity index (χ0) is 22.5. The van der Waals surface area contributed by atoms with Crippen molar-refractivity contribution in [1.82, 2.24) is 0 Å². The van der Waals surface area contributed by atoms with Crippen LogP contribution in [0.2, 0.25) is 0 Å². The first-order valence-electron chi connectivity index (χ1n) is 11.2. The van der Waals surface area contributed by atoms with Crippen molar-refractivity contribution in [3.8, 4) is 0 Å². The van der Waals surface area contributed by atoms with Gasteiger partial charge in [0.1, 0.15) is 0 Å². The summed E-state index contributed by atoms with van der Waals surface area (Å²) in [5.74, 6) is 0.0576. The van der Waals surface area contributed by atoms with Gasteiger partial charge in [-0.15, -0.1) is 0 Å². The predicted octanol–water partition coefficient (Wildman–Crippen LogP) is 4.66. The van der Waals surface area contributed by atoms with E-state index in [9.17, 15) is 19.8 Å². The molecular weight excluding hydrogens is 400 g/mol. The summed E-state index contributed by atoms with van der Waals surface area (Å²) in [7, 11) is 1.39. The molecule has 0 aromatic rings. The zero-order valence-corrected chi connectivity index (χ0v) is 19.8. The highest BCUT2D eigenvalue weighted by molar-refractivity contribution is 8.14. The predicted molar refractivity (Wildman–Crippen MR) is 123 cm³/mol. The van der Waals surface area contributed by atoms with Crippen molar-refractivity contribution in [2.75, 3.05) is 7.11 Å². The number of hydrogen-bond acceptors (Lipinski definition) is 6. The Morgan fingerprint density at radius 2 is 2.00 bits per heavy atom. The molecule has 1 fully saturated rings. The molecule has 0 unspecified atom stereocenters. The third kappa shape index (κ3) is 9.80. The van der Waals surface area contributed by atoms with Crippen LogP contribution in [0, 0.1) is 17.8 Å². The summed E-state index contributed by atoms with van der Waals surface area (Å²) in [6.45, 7) is 5.77. The van der Waals surface area contributed by atoms with E-state index < -0.39 is 12.2 Å².